The molecule has 1 aliphatic heterocycles. The van der Waals surface area contributed by atoms with E-state index in [-0.39, 0.29) is 13.2 Å². The monoisotopic (exact) mass is 252 g/mol. The number of hydrogen-bond donors (Lipinski definition) is 3. The van der Waals surface area contributed by atoms with Crippen LogP contribution in [0.4, 0.5) is 5.69 Å². The molecule has 1 unspecified atom stereocenters. The van der Waals surface area contributed by atoms with E-state index in [0.717, 1.165) is 17.0 Å². The van der Waals surface area contributed by atoms with Crippen LogP contribution in [0.5, 0.6) is 11.5 Å². The van der Waals surface area contributed by atoms with Gasteiger partial charge in [0.05, 0.1) is 6.42 Å². The minimum Gasteiger partial charge on any atom is -0.481 e. The van der Waals surface area contributed by atoms with Crippen LogP contribution >= 0.6 is 0 Å². The van der Waals surface area contributed by atoms with Crippen molar-refractivity contribution >= 4 is 11.7 Å². The van der Waals surface area contributed by atoms with Gasteiger partial charge in [0.25, 0.3) is 0 Å². The lowest BCUT2D eigenvalue weighted by atomic mass is 10.1. The molecule has 0 spiro atoms. The molecule has 0 aliphatic carbocycles. The van der Waals surface area contributed by atoms with Crippen LogP contribution in [0.2, 0.25) is 0 Å². The van der Waals surface area contributed by atoms with Crippen LogP contribution < -0.4 is 20.5 Å². The highest BCUT2D eigenvalue weighted by Crippen LogP contribution is 2.36. The first-order valence-corrected chi connectivity index (χ1v) is 5.67. The number of anilines is 1. The zero-order valence-electron chi connectivity index (χ0n) is 10.1. The first-order chi connectivity index (χ1) is 8.56. The fourth-order valence-electron chi connectivity index (χ4n) is 1.77. The van der Waals surface area contributed by atoms with Crippen molar-refractivity contribution in [3.63, 3.8) is 0 Å². The molecule has 1 aromatic rings. The minimum atomic E-state index is -0.897. The zero-order valence-corrected chi connectivity index (χ0v) is 10.1. The summed E-state index contributed by atoms with van der Waals surface area (Å²) in [6.07, 6.45) is -0.0589. The largest absolute Gasteiger partial charge is 0.481 e. The van der Waals surface area contributed by atoms with Gasteiger partial charge in [-0.3, -0.25) is 4.79 Å². The van der Waals surface area contributed by atoms with Crippen LogP contribution in [-0.4, -0.2) is 30.5 Å². The maximum atomic E-state index is 10.5. The predicted octanol–water partition coefficient (Wildman–Crippen LogP) is 0.938. The van der Waals surface area contributed by atoms with Crippen LogP contribution in [-0.2, 0) is 4.79 Å². The SMILES string of the molecule is Cc1cc2c(cc1NCC(N)CC(=O)O)OCO2. The van der Waals surface area contributed by atoms with Crippen LogP contribution in [0, 0.1) is 6.92 Å². The topological polar surface area (TPSA) is 93.8 Å². The number of aryl methyl sites for hydroxylation is 1. The Morgan fingerprint density at radius 2 is 2.17 bits per heavy atom. The fraction of sp³-hybridized carbons (Fsp3) is 0.417. The Morgan fingerprint density at radius 1 is 1.50 bits per heavy atom. The quantitative estimate of drug-likeness (QED) is 0.722. The van der Waals surface area contributed by atoms with E-state index >= 15 is 0 Å². The molecule has 0 amide bonds. The van der Waals surface area contributed by atoms with Crippen molar-refractivity contribution in [3.05, 3.63) is 17.7 Å². The number of carboxylic acids is 1. The number of nitrogens with one attached hydrogen (secondary N) is 1. The second-order valence-electron chi connectivity index (χ2n) is 4.26. The first-order valence-electron chi connectivity index (χ1n) is 5.67. The summed E-state index contributed by atoms with van der Waals surface area (Å²) in [4.78, 5) is 10.5. The molecule has 1 aromatic carbocycles. The average molecular weight is 252 g/mol. The Balaban J connectivity index is 1.99. The molecular weight excluding hydrogens is 236 g/mol. The summed E-state index contributed by atoms with van der Waals surface area (Å²) in [5.74, 6) is 0.523. The smallest absolute Gasteiger partial charge is 0.304 e. The normalized spacial score (nSPS) is 14.3. The van der Waals surface area contributed by atoms with E-state index in [1.165, 1.54) is 0 Å². The Kier molecular flexibility index (Phi) is 3.57. The number of hydrogen-bond acceptors (Lipinski definition) is 5. The van der Waals surface area contributed by atoms with E-state index in [1.807, 2.05) is 19.1 Å². The van der Waals surface area contributed by atoms with Gasteiger partial charge >= 0.3 is 5.97 Å². The number of carbonyl (C=O) groups is 1. The van der Waals surface area contributed by atoms with E-state index < -0.39 is 12.0 Å². The predicted molar refractivity (Wildman–Crippen MR) is 66.0 cm³/mol. The Morgan fingerprint density at radius 3 is 2.83 bits per heavy atom. The van der Waals surface area contributed by atoms with Gasteiger partial charge in [-0.25, -0.2) is 0 Å². The van der Waals surface area contributed by atoms with Crippen molar-refractivity contribution in [1.82, 2.24) is 0 Å². The number of ether oxygens (including phenoxy) is 2. The second kappa shape index (κ2) is 5.14. The summed E-state index contributed by atoms with van der Waals surface area (Å²) < 4.78 is 10.5. The molecule has 0 fully saturated rings. The van der Waals surface area contributed by atoms with Crippen molar-refractivity contribution in [2.24, 2.45) is 5.73 Å². The molecule has 0 radical (unpaired) electrons. The van der Waals surface area contributed by atoms with Gasteiger partial charge in [-0.15, -0.1) is 0 Å². The third kappa shape index (κ3) is 2.84. The molecule has 2 rings (SSSR count). The van der Waals surface area contributed by atoms with Gasteiger partial charge in [-0.2, -0.15) is 0 Å². The second-order valence-corrected chi connectivity index (χ2v) is 4.26. The van der Waals surface area contributed by atoms with Gasteiger partial charge in [-0.05, 0) is 18.6 Å². The standard InChI is InChI=1S/C12H16N2O4/c1-7-2-10-11(18-6-17-10)4-9(7)14-5-8(13)3-12(15)16/h2,4,8,14H,3,5-6,13H2,1H3,(H,15,16). The van der Waals surface area contributed by atoms with E-state index in [2.05, 4.69) is 5.32 Å². The summed E-state index contributed by atoms with van der Waals surface area (Å²) in [5.41, 5.74) is 7.56. The third-order valence-corrected chi connectivity index (χ3v) is 2.71. The van der Waals surface area contributed by atoms with Gasteiger partial charge < -0.3 is 25.6 Å². The fourth-order valence-corrected chi connectivity index (χ4v) is 1.77. The number of nitrogens with two attached hydrogens (primary N) is 1. The molecule has 0 bridgehead atoms. The molecule has 1 aliphatic rings. The van der Waals surface area contributed by atoms with Gasteiger partial charge in [0.1, 0.15) is 0 Å². The lowest BCUT2D eigenvalue weighted by Gasteiger charge is -2.14. The molecule has 6 heteroatoms. The molecule has 0 saturated carbocycles. The van der Waals surface area contributed by atoms with Crippen molar-refractivity contribution in [2.45, 2.75) is 19.4 Å². The highest BCUT2D eigenvalue weighted by atomic mass is 16.7. The Hall–Kier alpha value is -1.95. The number of benzene rings is 1. The van der Waals surface area contributed by atoms with Crippen molar-refractivity contribution in [2.75, 3.05) is 18.7 Å². The maximum absolute atomic E-state index is 10.5. The molecule has 0 saturated heterocycles. The van der Waals surface area contributed by atoms with Gasteiger partial charge in [0.15, 0.2) is 11.5 Å². The first kappa shape index (κ1) is 12.5. The molecule has 1 heterocycles. The summed E-state index contributed by atoms with van der Waals surface area (Å²) in [5, 5.41) is 11.7. The zero-order chi connectivity index (χ0) is 13.1. The lowest BCUT2D eigenvalue weighted by molar-refractivity contribution is -0.137. The average Bonchev–Trinajstić information content (AvgIpc) is 2.71. The van der Waals surface area contributed by atoms with Gasteiger partial charge in [0.2, 0.25) is 6.79 Å². The Bertz CT molecular complexity index is 462. The van der Waals surface area contributed by atoms with Crippen LogP contribution in [0.25, 0.3) is 0 Å². The van der Waals surface area contributed by atoms with E-state index in [4.69, 9.17) is 20.3 Å². The number of fused-ring (bicyclic) bond motifs is 1. The summed E-state index contributed by atoms with van der Waals surface area (Å²) >= 11 is 0. The molecule has 18 heavy (non-hydrogen) atoms. The van der Waals surface area contributed by atoms with Crippen molar-refractivity contribution < 1.29 is 19.4 Å². The third-order valence-electron chi connectivity index (χ3n) is 2.71. The van der Waals surface area contributed by atoms with Gasteiger partial charge in [0, 0.05) is 24.3 Å². The van der Waals surface area contributed by atoms with E-state index in [0.29, 0.717) is 12.3 Å². The highest BCUT2D eigenvalue weighted by Gasteiger charge is 2.16. The Labute approximate surface area is 105 Å². The minimum absolute atomic E-state index is 0.0589. The van der Waals surface area contributed by atoms with E-state index in [1.54, 1.807) is 0 Å². The summed E-state index contributed by atoms with van der Waals surface area (Å²) in [6, 6.07) is 3.30. The number of carboxylic acid groups (broad SMARTS) is 1. The van der Waals surface area contributed by atoms with Crippen LogP contribution in [0.3, 0.4) is 0 Å². The molecule has 6 nitrogen and oxygen atoms in total. The van der Waals surface area contributed by atoms with Gasteiger partial charge in [-0.1, -0.05) is 0 Å². The molecule has 4 N–H and O–H groups in total. The lowest BCUT2D eigenvalue weighted by Crippen LogP contribution is -2.31. The van der Waals surface area contributed by atoms with E-state index in [9.17, 15) is 4.79 Å². The summed E-state index contributed by atoms with van der Waals surface area (Å²) in [6.45, 7) is 2.57. The molecule has 98 valence electrons. The van der Waals surface area contributed by atoms with Crippen LogP contribution in [0.1, 0.15) is 12.0 Å². The number of aliphatic carboxylic acids is 1. The van der Waals surface area contributed by atoms with Crippen molar-refractivity contribution in [3.8, 4) is 11.5 Å². The number of rotatable bonds is 5. The highest BCUT2D eigenvalue weighted by molar-refractivity contribution is 5.67. The van der Waals surface area contributed by atoms with Crippen LogP contribution in [0.15, 0.2) is 12.1 Å². The maximum Gasteiger partial charge on any atom is 0.304 e. The summed E-state index contributed by atoms with van der Waals surface area (Å²) in [7, 11) is 0. The van der Waals surface area contributed by atoms with Crippen molar-refractivity contribution in [1.29, 1.82) is 0 Å². The molecule has 1 atom stereocenters. The molecule has 0 aromatic heterocycles. The molecular formula is C12H16N2O4.